The van der Waals surface area contributed by atoms with Crippen molar-refractivity contribution in [3.05, 3.63) is 102 Å². The molecule has 5 amide bonds. The molecule has 5 atom stereocenters. The molecule has 3 aromatic carbocycles. The van der Waals surface area contributed by atoms with Gasteiger partial charge in [0.2, 0.25) is 23.6 Å². The van der Waals surface area contributed by atoms with Gasteiger partial charge in [-0.3, -0.25) is 33.0 Å². The minimum absolute atomic E-state index is 0.0242. The number of aryl methyl sites for hydroxylation is 1. The number of ketones is 1. The molecule has 358 valence electrons. The van der Waals surface area contributed by atoms with E-state index in [2.05, 4.69) is 21.3 Å². The van der Waals surface area contributed by atoms with Crippen LogP contribution < -0.4 is 25.8 Å². The molecule has 0 radical (unpaired) electrons. The minimum atomic E-state index is -4.11. The lowest BCUT2D eigenvalue weighted by Crippen LogP contribution is -2.58. The second-order valence-corrected chi connectivity index (χ2v) is 20.2. The van der Waals surface area contributed by atoms with Gasteiger partial charge in [0, 0.05) is 32.4 Å². The Bertz CT molecular complexity index is 2160. The van der Waals surface area contributed by atoms with Crippen LogP contribution in [0.4, 0.5) is 4.79 Å². The summed E-state index contributed by atoms with van der Waals surface area (Å²) in [6.07, 6.45) is 2.26. The number of nitrogens with zero attached hydrogens (tertiary/aromatic N) is 1. The van der Waals surface area contributed by atoms with Gasteiger partial charge in [0.25, 0.3) is 0 Å². The summed E-state index contributed by atoms with van der Waals surface area (Å²) < 4.78 is 36.6. The number of phosphoric ester groups is 1. The Morgan fingerprint density at radius 2 is 1.36 bits per heavy atom. The summed E-state index contributed by atoms with van der Waals surface area (Å²) in [5, 5.41) is 11.0. The number of rotatable bonds is 20. The van der Waals surface area contributed by atoms with Crippen LogP contribution in [-0.4, -0.2) is 88.9 Å². The fourth-order valence-electron chi connectivity index (χ4n) is 7.99. The quantitative estimate of drug-likeness (QED) is 0.0859. The van der Waals surface area contributed by atoms with Gasteiger partial charge in [0.15, 0.2) is 5.78 Å². The lowest BCUT2D eigenvalue weighted by Gasteiger charge is -2.32. The molecule has 2 saturated heterocycles. The summed E-state index contributed by atoms with van der Waals surface area (Å²) >= 11 is 0. The highest BCUT2D eigenvalue weighted by molar-refractivity contribution is 7.49. The van der Waals surface area contributed by atoms with Crippen LogP contribution in [0, 0.1) is 0 Å². The maximum absolute atomic E-state index is 14.4. The van der Waals surface area contributed by atoms with Crippen LogP contribution in [0.3, 0.4) is 0 Å². The van der Waals surface area contributed by atoms with Gasteiger partial charge in [-0.1, -0.05) is 72.8 Å². The van der Waals surface area contributed by atoms with Crippen LogP contribution >= 0.6 is 7.82 Å². The first-order chi connectivity index (χ1) is 31.2. The number of phosphoric acid groups is 1. The molecule has 5 rings (SSSR count). The Morgan fingerprint density at radius 1 is 0.742 bits per heavy atom. The van der Waals surface area contributed by atoms with Crippen LogP contribution in [0.25, 0.3) is 0 Å². The lowest BCUT2D eigenvalue weighted by molar-refractivity contribution is -0.143. The third kappa shape index (κ3) is 16.1. The van der Waals surface area contributed by atoms with Gasteiger partial charge in [0.1, 0.15) is 30.5 Å². The molecule has 4 N–H and O–H groups in total. The molecule has 2 heterocycles. The summed E-state index contributed by atoms with van der Waals surface area (Å²) in [6.45, 7) is 10.3. The van der Waals surface area contributed by atoms with Crippen molar-refractivity contribution in [1.82, 2.24) is 26.2 Å². The summed E-state index contributed by atoms with van der Waals surface area (Å²) in [6, 6.07) is 20.6. The Morgan fingerprint density at radius 3 is 1.97 bits per heavy atom. The standard InChI is InChI=1S/C49H66N5O11P/c1-48(2,3)64-66(61,65-49(4,5)6)63-37-25-21-34(22-26-37)31-40(53-47(60)62-32-35-17-12-9-13-18-35)44(57)52-39-20-14-19-36-24-28-41(54(36)46(39)59)45(58)51-38(27-30-43(56)50-7)42(55)29-23-33-15-10-8-11-16-33/h8-13,15-18,21-22,25-26,36,38-41H,14,19-20,23-24,27-32H2,1-7H3,(H,50,56)(H,51,58)(H,52,57)(H,53,60)/t36?,38-,39-,40-,41-/m0/s1. The van der Waals surface area contributed by atoms with E-state index >= 15 is 0 Å². The maximum Gasteiger partial charge on any atom is 0.531 e. The zero-order chi connectivity index (χ0) is 48.1. The summed E-state index contributed by atoms with van der Waals surface area (Å²) in [4.78, 5) is 83.3. The number of nitrogens with one attached hydrogen (secondary N) is 4. The van der Waals surface area contributed by atoms with Crippen molar-refractivity contribution in [3.8, 4) is 5.75 Å². The van der Waals surface area contributed by atoms with E-state index in [1.54, 1.807) is 77.9 Å². The van der Waals surface area contributed by atoms with E-state index in [0.717, 1.165) is 11.1 Å². The number of carbonyl (C=O) groups is 6. The highest BCUT2D eigenvalue weighted by Gasteiger charge is 2.46. The number of alkyl carbamates (subject to hydrolysis) is 1. The molecule has 0 bridgehead atoms. The first-order valence-electron chi connectivity index (χ1n) is 22.7. The summed E-state index contributed by atoms with van der Waals surface area (Å²) in [7, 11) is -2.60. The molecule has 66 heavy (non-hydrogen) atoms. The predicted molar refractivity (Wildman–Crippen MR) is 248 cm³/mol. The van der Waals surface area contributed by atoms with E-state index in [-0.39, 0.29) is 55.8 Å². The van der Waals surface area contributed by atoms with E-state index in [0.29, 0.717) is 44.1 Å². The Hall–Kier alpha value is -5.57. The number of Topliss-reactive ketones (excluding diaryl/α,β-unsaturated/α-hetero) is 1. The predicted octanol–water partition coefficient (Wildman–Crippen LogP) is 6.88. The number of ether oxygens (including phenoxy) is 1. The van der Waals surface area contributed by atoms with E-state index in [1.807, 2.05) is 48.5 Å². The first kappa shape index (κ1) is 51.4. The number of carbonyl (C=O) groups excluding carboxylic acids is 6. The van der Waals surface area contributed by atoms with Crippen molar-refractivity contribution in [2.75, 3.05) is 7.05 Å². The fourth-order valence-corrected chi connectivity index (χ4v) is 9.82. The van der Waals surface area contributed by atoms with Gasteiger partial charge in [-0.2, -0.15) is 0 Å². The van der Waals surface area contributed by atoms with Crippen LogP contribution in [0.15, 0.2) is 84.9 Å². The molecule has 0 aromatic heterocycles. The first-order valence-corrected chi connectivity index (χ1v) is 24.1. The van der Waals surface area contributed by atoms with Crippen LogP contribution in [0.2, 0.25) is 0 Å². The SMILES string of the molecule is CNC(=O)CC[C@H](NC(=O)[C@@H]1CCC2CCC[C@H](NC(=O)[C@H](Cc3ccc(OP(=O)(OC(C)(C)C)OC(C)(C)C)cc3)NC(=O)OCc3ccccc3)C(=O)N21)C(=O)CCc1ccccc1. The summed E-state index contributed by atoms with van der Waals surface area (Å²) in [5.41, 5.74) is 0.581. The second kappa shape index (κ2) is 23.2. The highest BCUT2D eigenvalue weighted by atomic mass is 31.2. The molecule has 3 aromatic rings. The molecule has 0 spiro atoms. The normalized spacial score (nSPS) is 18.5. The number of hydrogen-bond donors (Lipinski definition) is 4. The van der Waals surface area contributed by atoms with Gasteiger partial charge >= 0.3 is 13.9 Å². The Labute approximate surface area is 388 Å². The number of hydrogen-bond acceptors (Lipinski definition) is 11. The van der Waals surface area contributed by atoms with Crippen LogP contribution in [0.5, 0.6) is 5.75 Å². The van der Waals surface area contributed by atoms with Crippen molar-refractivity contribution in [1.29, 1.82) is 0 Å². The largest absolute Gasteiger partial charge is 0.531 e. The van der Waals surface area contributed by atoms with Gasteiger partial charge in [-0.25, -0.2) is 9.36 Å². The zero-order valence-corrected chi connectivity index (χ0v) is 40.0. The molecule has 2 aliphatic rings. The van der Waals surface area contributed by atoms with E-state index in [4.69, 9.17) is 18.3 Å². The zero-order valence-electron chi connectivity index (χ0n) is 39.1. The molecule has 1 unspecified atom stereocenters. The molecule has 2 fully saturated rings. The molecule has 17 heteroatoms. The lowest BCUT2D eigenvalue weighted by atomic mass is 9.99. The third-order valence-electron chi connectivity index (χ3n) is 11.0. The highest BCUT2D eigenvalue weighted by Crippen LogP contribution is 2.55. The average molecular weight is 932 g/mol. The second-order valence-electron chi connectivity index (χ2n) is 18.8. The Kier molecular flexibility index (Phi) is 18.1. The topological polar surface area (TPSA) is 208 Å². The van der Waals surface area contributed by atoms with E-state index in [1.165, 1.54) is 11.9 Å². The average Bonchev–Trinajstić information content (AvgIpc) is 3.62. The van der Waals surface area contributed by atoms with Crippen molar-refractivity contribution >= 4 is 43.3 Å². The van der Waals surface area contributed by atoms with Gasteiger partial charge < -0.3 is 35.4 Å². The summed E-state index contributed by atoms with van der Waals surface area (Å²) in [5.74, 6) is -1.88. The van der Waals surface area contributed by atoms with Crippen molar-refractivity contribution < 1.29 is 51.6 Å². The van der Waals surface area contributed by atoms with E-state index in [9.17, 15) is 33.3 Å². The van der Waals surface area contributed by atoms with E-state index < -0.39 is 67.0 Å². The van der Waals surface area contributed by atoms with Gasteiger partial charge in [0.05, 0.1) is 17.2 Å². The monoisotopic (exact) mass is 931 g/mol. The molecule has 16 nitrogen and oxygen atoms in total. The van der Waals surface area contributed by atoms with Crippen molar-refractivity contribution in [2.45, 2.75) is 154 Å². The smallest absolute Gasteiger partial charge is 0.445 e. The Balaban J connectivity index is 1.31. The van der Waals surface area contributed by atoms with Crippen LogP contribution in [-0.2, 0) is 61.8 Å². The number of amides is 5. The van der Waals surface area contributed by atoms with Crippen molar-refractivity contribution in [2.24, 2.45) is 0 Å². The third-order valence-corrected chi connectivity index (χ3v) is 13.0. The van der Waals surface area contributed by atoms with Gasteiger partial charge in [-0.15, -0.1) is 0 Å². The van der Waals surface area contributed by atoms with Gasteiger partial charge in [-0.05, 0) is 115 Å². The minimum Gasteiger partial charge on any atom is -0.445 e. The molecule has 0 aliphatic carbocycles. The van der Waals surface area contributed by atoms with Crippen molar-refractivity contribution in [3.63, 3.8) is 0 Å². The molecule has 0 saturated carbocycles. The van der Waals surface area contributed by atoms with Crippen LogP contribution in [0.1, 0.15) is 110 Å². The molecular formula is C49H66N5O11P. The number of benzene rings is 3. The molecular weight excluding hydrogens is 866 g/mol. The maximum atomic E-state index is 14.4. The number of fused-ring (bicyclic) bond motifs is 1. The molecule has 2 aliphatic heterocycles. The fraction of sp³-hybridized carbons (Fsp3) is 0.510.